The van der Waals surface area contributed by atoms with E-state index in [1.165, 1.54) is 44.6 Å². The zero-order valence-electron chi connectivity index (χ0n) is 14.2. The van der Waals surface area contributed by atoms with Gasteiger partial charge in [0.15, 0.2) is 11.6 Å². The molecule has 0 bridgehead atoms. The third-order valence-electron chi connectivity index (χ3n) is 6.00. The molecule has 1 unspecified atom stereocenters. The van der Waals surface area contributed by atoms with Crippen LogP contribution in [0.25, 0.3) is 5.57 Å². The van der Waals surface area contributed by atoms with Crippen LogP contribution in [0.2, 0.25) is 0 Å². The molecule has 0 heterocycles. The molecule has 3 rings (SSSR count). The first kappa shape index (κ1) is 16.7. The minimum Gasteiger partial charge on any atom is -0.204 e. The van der Waals surface area contributed by atoms with Gasteiger partial charge in [-0.3, -0.25) is 0 Å². The van der Waals surface area contributed by atoms with Gasteiger partial charge in [0.05, 0.1) is 0 Å². The summed E-state index contributed by atoms with van der Waals surface area (Å²) < 4.78 is 27.3. The number of hydrogen-bond donors (Lipinski definition) is 0. The molecule has 126 valence electrons. The van der Waals surface area contributed by atoms with Gasteiger partial charge in [-0.25, -0.2) is 8.78 Å². The second-order valence-corrected chi connectivity index (χ2v) is 7.43. The maximum atomic E-state index is 13.9. The Labute approximate surface area is 139 Å². The second kappa shape index (κ2) is 7.59. The molecule has 23 heavy (non-hydrogen) atoms. The average Bonchev–Trinajstić information content (AvgIpc) is 2.59. The van der Waals surface area contributed by atoms with Gasteiger partial charge >= 0.3 is 0 Å². The van der Waals surface area contributed by atoms with Crippen molar-refractivity contribution in [1.82, 2.24) is 0 Å². The molecule has 0 nitrogen and oxygen atoms in total. The molecule has 2 heteroatoms. The minimum absolute atomic E-state index is 0.468. The molecule has 0 spiro atoms. The third kappa shape index (κ3) is 3.84. The summed E-state index contributed by atoms with van der Waals surface area (Å²) in [4.78, 5) is 0. The van der Waals surface area contributed by atoms with E-state index >= 15 is 0 Å². The van der Waals surface area contributed by atoms with Gasteiger partial charge in [-0.15, -0.1) is 0 Å². The van der Waals surface area contributed by atoms with E-state index in [9.17, 15) is 8.78 Å². The fourth-order valence-corrected chi connectivity index (χ4v) is 4.64. The number of rotatable bonds is 4. The molecule has 0 radical (unpaired) electrons. The lowest BCUT2D eigenvalue weighted by atomic mass is 9.70. The van der Waals surface area contributed by atoms with Gasteiger partial charge in [0, 0.05) is 5.56 Å². The summed E-state index contributed by atoms with van der Waals surface area (Å²) in [5.41, 5.74) is 1.47. The molecule has 1 aromatic rings. The summed E-state index contributed by atoms with van der Waals surface area (Å²) in [5, 5.41) is 0. The molecular formula is C21H28F2. The van der Waals surface area contributed by atoms with Crippen LogP contribution in [0.15, 0.2) is 24.3 Å². The van der Waals surface area contributed by atoms with Crippen LogP contribution in [0.5, 0.6) is 0 Å². The Balaban J connectivity index is 1.59. The van der Waals surface area contributed by atoms with E-state index in [4.69, 9.17) is 0 Å². The maximum absolute atomic E-state index is 13.9. The van der Waals surface area contributed by atoms with Crippen molar-refractivity contribution in [1.29, 1.82) is 0 Å². The van der Waals surface area contributed by atoms with Crippen LogP contribution in [0, 0.1) is 29.4 Å². The third-order valence-corrected chi connectivity index (χ3v) is 6.00. The van der Waals surface area contributed by atoms with Crippen molar-refractivity contribution in [2.45, 2.75) is 64.7 Å². The summed E-state index contributed by atoms with van der Waals surface area (Å²) >= 11 is 0. The van der Waals surface area contributed by atoms with Gasteiger partial charge in [0.1, 0.15) is 0 Å². The maximum Gasteiger partial charge on any atom is 0.166 e. The molecule has 2 aliphatic carbocycles. The summed E-state index contributed by atoms with van der Waals surface area (Å²) in [6.07, 6.45) is 13.4. The van der Waals surface area contributed by atoms with E-state index in [2.05, 4.69) is 13.0 Å². The summed E-state index contributed by atoms with van der Waals surface area (Å²) in [6.45, 7) is 2.28. The fraction of sp³-hybridized carbons (Fsp3) is 0.619. The Kier molecular flexibility index (Phi) is 5.50. The molecule has 1 saturated carbocycles. The van der Waals surface area contributed by atoms with E-state index in [1.54, 1.807) is 12.1 Å². The Bertz CT molecular complexity index is 553. The largest absolute Gasteiger partial charge is 0.204 e. The first-order chi connectivity index (χ1) is 11.2. The first-order valence-electron chi connectivity index (χ1n) is 9.32. The van der Waals surface area contributed by atoms with Gasteiger partial charge < -0.3 is 0 Å². The van der Waals surface area contributed by atoms with Crippen LogP contribution in [-0.2, 0) is 0 Å². The van der Waals surface area contributed by atoms with Crippen molar-refractivity contribution in [3.8, 4) is 0 Å². The molecule has 2 aliphatic rings. The Morgan fingerprint density at radius 1 is 1.00 bits per heavy atom. The summed E-state index contributed by atoms with van der Waals surface area (Å²) in [7, 11) is 0. The van der Waals surface area contributed by atoms with Crippen LogP contribution >= 0.6 is 0 Å². The van der Waals surface area contributed by atoms with Crippen molar-refractivity contribution in [2.24, 2.45) is 17.8 Å². The van der Waals surface area contributed by atoms with Gasteiger partial charge in [-0.1, -0.05) is 50.8 Å². The van der Waals surface area contributed by atoms with Crippen molar-refractivity contribution in [2.75, 3.05) is 0 Å². The van der Waals surface area contributed by atoms with E-state index in [0.29, 0.717) is 5.56 Å². The molecule has 0 aromatic heterocycles. The quantitative estimate of drug-likeness (QED) is 0.575. The summed E-state index contributed by atoms with van der Waals surface area (Å²) in [5.74, 6) is 1.13. The van der Waals surface area contributed by atoms with Gasteiger partial charge in [0.2, 0.25) is 0 Å². The molecule has 0 saturated heterocycles. The topological polar surface area (TPSA) is 0 Å². The van der Waals surface area contributed by atoms with Crippen LogP contribution in [0.1, 0.15) is 70.3 Å². The molecule has 1 aromatic carbocycles. The van der Waals surface area contributed by atoms with Crippen LogP contribution in [0.3, 0.4) is 0 Å². The lowest BCUT2D eigenvalue weighted by molar-refractivity contribution is 0.189. The van der Waals surface area contributed by atoms with Gasteiger partial charge in [-0.05, 0) is 61.5 Å². The molecular weight excluding hydrogens is 290 g/mol. The molecule has 0 amide bonds. The predicted molar refractivity (Wildman–Crippen MR) is 92.0 cm³/mol. The van der Waals surface area contributed by atoms with E-state index in [0.717, 1.165) is 42.6 Å². The highest BCUT2D eigenvalue weighted by Gasteiger charge is 2.29. The SMILES string of the molecule is CCC[C@H]1CC[C@H](C2CC=C(c3cccc(F)c3F)CC2)CC1. The zero-order chi connectivity index (χ0) is 16.2. The smallest absolute Gasteiger partial charge is 0.166 e. The first-order valence-corrected chi connectivity index (χ1v) is 9.32. The lowest BCUT2D eigenvalue weighted by Crippen LogP contribution is -2.23. The monoisotopic (exact) mass is 318 g/mol. The van der Waals surface area contributed by atoms with Gasteiger partial charge in [-0.2, -0.15) is 0 Å². The van der Waals surface area contributed by atoms with Crippen molar-refractivity contribution in [3.63, 3.8) is 0 Å². The van der Waals surface area contributed by atoms with Crippen LogP contribution < -0.4 is 0 Å². The standard InChI is InChI=1S/C21H28F2/c1-2-4-15-7-9-16(10-8-15)17-11-13-18(14-12-17)19-5-3-6-20(22)21(19)23/h3,5-6,13,15-17H,2,4,7-12,14H2,1H3/t15-,16-,17?. The Hall–Kier alpha value is -1.18. The van der Waals surface area contributed by atoms with Gasteiger partial charge in [0.25, 0.3) is 0 Å². The van der Waals surface area contributed by atoms with E-state index in [1.807, 2.05) is 0 Å². The number of benzene rings is 1. The van der Waals surface area contributed by atoms with Crippen molar-refractivity contribution < 1.29 is 8.78 Å². The highest BCUT2D eigenvalue weighted by atomic mass is 19.2. The van der Waals surface area contributed by atoms with Crippen molar-refractivity contribution in [3.05, 3.63) is 41.5 Å². The number of halogens is 2. The van der Waals surface area contributed by atoms with E-state index in [-0.39, 0.29) is 0 Å². The number of hydrogen-bond acceptors (Lipinski definition) is 0. The zero-order valence-corrected chi connectivity index (χ0v) is 14.2. The van der Waals surface area contributed by atoms with Crippen LogP contribution in [0.4, 0.5) is 8.78 Å². The lowest BCUT2D eigenvalue weighted by Gasteiger charge is -2.35. The Morgan fingerprint density at radius 2 is 1.78 bits per heavy atom. The highest BCUT2D eigenvalue weighted by molar-refractivity contribution is 5.66. The molecule has 1 atom stereocenters. The number of allylic oxidation sites excluding steroid dienone is 2. The molecule has 0 N–H and O–H groups in total. The fourth-order valence-electron chi connectivity index (χ4n) is 4.64. The van der Waals surface area contributed by atoms with Crippen LogP contribution in [-0.4, -0.2) is 0 Å². The average molecular weight is 318 g/mol. The second-order valence-electron chi connectivity index (χ2n) is 7.43. The Morgan fingerprint density at radius 3 is 2.43 bits per heavy atom. The van der Waals surface area contributed by atoms with Crippen molar-refractivity contribution >= 4 is 5.57 Å². The predicted octanol–water partition coefficient (Wildman–Crippen LogP) is 6.75. The minimum atomic E-state index is -0.736. The van der Waals surface area contributed by atoms with E-state index < -0.39 is 11.6 Å². The summed E-state index contributed by atoms with van der Waals surface area (Å²) in [6, 6.07) is 4.51. The normalized spacial score (nSPS) is 28.5. The molecule has 1 fully saturated rings. The molecule has 0 aliphatic heterocycles. The highest BCUT2D eigenvalue weighted by Crippen LogP contribution is 2.42.